The first-order valence-corrected chi connectivity index (χ1v) is 8.92. The van der Waals surface area contributed by atoms with Crippen molar-refractivity contribution in [3.63, 3.8) is 0 Å². The molecule has 0 bridgehead atoms. The molecule has 108 valence electrons. The number of nitrogens with one attached hydrogen (secondary N) is 2. The van der Waals surface area contributed by atoms with Gasteiger partial charge in [0.15, 0.2) is 5.16 Å². The fourth-order valence-corrected chi connectivity index (χ4v) is 4.49. The summed E-state index contributed by atoms with van der Waals surface area (Å²) >= 11 is 3.30. The van der Waals surface area contributed by atoms with Gasteiger partial charge >= 0.3 is 0 Å². The van der Waals surface area contributed by atoms with Crippen molar-refractivity contribution in [3.8, 4) is 0 Å². The predicted octanol–water partition coefficient (Wildman–Crippen LogP) is 2.64. The second-order valence-corrected chi connectivity index (χ2v) is 7.30. The van der Waals surface area contributed by atoms with E-state index in [2.05, 4.69) is 22.2 Å². The van der Waals surface area contributed by atoms with Crippen molar-refractivity contribution in [2.24, 2.45) is 5.92 Å². The minimum absolute atomic E-state index is 0.00443. The molecule has 3 heterocycles. The Morgan fingerprint density at radius 2 is 2.45 bits per heavy atom. The van der Waals surface area contributed by atoms with Gasteiger partial charge in [-0.25, -0.2) is 4.98 Å². The van der Waals surface area contributed by atoms with Gasteiger partial charge in [-0.15, -0.1) is 11.3 Å². The largest absolute Gasteiger partial charge is 0.316 e. The maximum absolute atomic E-state index is 12.1. The third-order valence-corrected chi connectivity index (χ3v) is 5.91. The van der Waals surface area contributed by atoms with Crippen molar-refractivity contribution in [2.45, 2.75) is 31.3 Å². The van der Waals surface area contributed by atoms with E-state index in [4.69, 9.17) is 0 Å². The SMILES string of the molecule is CCc1cc2c(=O)[nH]c(SCC3CCCNC3)nc2s1. The average molecular weight is 309 g/mol. The van der Waals surface area contributed by atoms with Crippen LogP contribution in [-0.2, 0) is 6.42 Å². The molecule has 2 aromatic heterocycles. The summed E-state index contributed by atoms with van der Waals surface area (Å²) in [6, 6.07) is 1.96. The molecule has 1 aliphatic heterocycles. The molecule has 0 aromatic carbocycles. The van der Waals surface area contributed by atoms with Crippen molar-refractivity contribution in [3.05, 3.63) is 21.3 Å². The summed E-state index contributed by atoms with van der Waals surface area (Å²) in [5.41, 5.74) is -0.00443. The molecule has 0 saturated carbocycles. The van der Waals surface area contributed by atoms with E-state index in [1.54, 1.807) is 23.1 Å². The van der Waals surface area contributed by atoms with Crippen LogP contribution in [-0.4, -0.2) is 28.8 Å². The molecule has 2 aromatic rings. The zero-order valence-corrected chi connectivity index (χ0v) is 13.2. The second-order valence-electron chi connectivity index (χ2n) is 5.18. The van der Waals surface area contributed by atoms with E-state index < -0.39 is 0 Å². The molecule has 0 spiro atoms. The molecule has 0 radical (unpaired) electrons. The molecule has 1 saturated heterocycles. The number of thiophene rings is 1. The van der Waals surface area contributed by atoms with Crippen molar-refractivity contribution in [2.75, 3.05) is 18.8 Å². The van der Waals surface area contributed by atoms with Crippen molar-refractivity contribution in [1.29, 1.82) is 0 Å². The minimum Gasteiger partial charge on any atom is -0.316 e. The smallest absolute Gasteiger partial charge is 0.260 e. The number of piperidine rings is 1. The maximum atomic E-state index is 12.1. The Morgan fingerprint density at radius 3 is 3.20 bits per heavy atom. The second kappa shape index (κ2) is 6.28. The van der Waals surface area contributed by atoms with Crippen molar-refractivity contribution >= 4 is 33.3 Å². The Morgan fingerprint density at radius 1 is 1.55 bits per heavy atom. The van der Waals surface area contributed by atoms with E-state index in [1.807, 2.05) is 6.07 Å². The third-order valence-electron chi connectivity index (χ3n) is 3.63. The highest BCUT2D eigenvalue weighted by atomic mass is 32.2. The van der Waals surface area contributed by atoms with E-state index in [0.717, 1.165) is 40.6 Å². The van der Waals surface area contributed by atoms with Gasteiger partial charge in [0, 0.05) is 10.6 Å². The molecule has 1 atom stereocenters. The normalized spacial score (nSPS) is 19.6. The molecule has 3 rings (SSSR count). The Bertz CT molecular complexity index is 643. The van der Waals surface area contributed by atoms with Gasteiger partial charge in [-0.3, -0.25) is 4.79 Å². The van der Waals surface area contributed by atoms with E-state index in [0.29, 0.717) is 5.92 Å². The van der Waals surface area contributed by atoms with Crippen LogP contribution in [0.4, 0.5) is 0 Å². The monoisotopic (exact) mass is 309 g/mol. The van der Waals surface area contributed by atoms with E-state index in [1.165, 1.54) is 17.7 Å². The topological polar surface area (TPSA) is 57.8 Å². The lowest BCUT2D eigenvalue weighted by Crippen LogP contribution is -2.31. The number of thioether (sulfide) groups is 1. The highest BCUT2D eigenvalue weighted by molar-refractivity contribution is 7.99. The van der Waals surface area contributed by atoms with Crippen LogP contribution in [0.1, 0.15) is 24.6 Å². The molecule has 0 aliphatic carbocycles. The van der Waals surface area contributed by atoms with Gasteiger partial charge in [-0.05, 0) is 44.3 Å². The Balaban J connectivity index is 1.76. The first-order chi connectivity index (χ1) is 9.76. The highest BCUT2D eigenvalue weighted by Gasteiger charge is 2.14. The van der Waals surface area contributed by atoms with Crippen LogP contribution in [0.5, 0.6) is 0 Å². The fourth-order valence-electron chi connectivity index (χ4n) is 2.47. The number of nitrogens with zero attached hydrogens (tertiary/aromatic N) is 1. The summed E-state index contributed by atoms with van der Waals surface area (Å²) in [6.07, 6.45) is 3.47. The van der Waals surface area contributed by atoms with Gasteiger partial charge in [-0.1, -0.05) is 18.7 Å². The summed E-state index contributed by atoms with van der Waals surface area (Å²) in [6.45, 7) is 4.32. The van der Waals surface area contributed by atoms with E-state index >= 15 is 0 Å². The lowest BCUT2D eigenvalue weighted by Gasteiger charge is -2.21. The van der Waals surface area contributed by atoms with Gasteiger partial charge in [0.05, 0.1) is 5.39 Å². The molecule has 6 heteroatoms. The van der Waals surface area contributed by atoms with Crippen LogP contribution in [0.25, 0.3) is 10.2 Å². The van der Waals surface area contributed by atoms with Crippen LogP contribution >= 0.6 is 23.1 Å². The average Bonchev–Trinajstić information content (AvgIpc) is 2.90. The number of aromatic nitrogens is 2. The molecule has 2 N–H and O–H groups in total. The molecule has 0 amide bonds. The summed E-state index contributed by atoms with van der Waals surface area (Å²) in [5, 5.41) is 4.91. The lowest BCUT2D eigenvalue weighted by atomic mass is 10.0. The number of aryl methyl sites for hydroxylation is 1. The summed E-state index contributed by atoms with van der Waals surface area (Å²) in [4.78, 5) is 21.7. The molecular formula is C14H19N3OS2. The number of hydrogen-bond acceptors (Lipinski definition) is 5. The molecule has 20 heavy (non-hydrogen) atoms. The van der Waals surface area contributed by atoms with Crippen LogP contribution in [0.15, 0.2) is 16.0 Å². The Kier molecular flexibility index (Phi) is 4.43. The van der Waals surface area contributed by atoms with Gasteiger partial charge in [0.2, 0.25) is 0 Å². The standard InChI is InChI=1S/C14H19N3OS2/c1-2-10-6-11-12(18)16-14(17-13(11)20-10)19-8-9-4-3-5-15-7-9/h6,9,15H,2-5,7-8H2,1H3,(H,16,17,18). The highest BCUT2D eigenvalue weighted by Crippen LogP contribution is 2.25. The summed E-state index contributed by atoms with van der Waals surface area (Å²) < 4.78 is 0. The summed E-state index contributed by atoms with van der Waals surface area (Å²) in [7, 11) is 0. The van der Waals surface area contributed by atoms with Crippen LogP contribution in [0, 0.1) is 5.92 Å². The maximum Gasteiger partial charge on any atom is 0.260 e. The van der Waals surface area contributed by atoms with Gasteiger partial charge in [-0.2, -0.15) is 0 Å². The molecule has 1 fully saturated rings. The predicted molar refractivity (Wildman–Crippen MR) is 85.9 cm³/mol. The third kappa shape index (κ3) is 3.07. The first-order valence-electron chi connectivity index (χ1n) is 7.12. The van der Waals surface area contributed by atoms with E-state index in [9.17, 15) is 4.79 Å². The molecule has 1 aliphatic rings. The quantitative estimate of drug-likeness (QED) is 0.673. The minimum atomic E-state index is -0.00443. The van der Waals surface area contributed by atoms with Crippen molar-refractivity contribution < 1.29 is 0 Å². The number of hydrogen-bond donors (Lipinski definition) is 2. The van der Waals surface area contributed by atoms with Gasteiger partial charge < -0.3 is 10.3 Å². The van der Waals surface area contributed by atoms with Crippen LogP contribution < -0.4 is 10.9 Å². The zero-order chi connectivity index (χ0) is 13.9. The van der Waals surface area contributed by atoms with Crippen molar-refractivity contribution in [1.82, 2.24) is 15.3 Å². The lowest BCUT2D eigenvalue weighted by molar-refractivity contribution is 0.410. The number of fused-ring (bicyclic) bond motifs is 1. The number of H-pyrrole nitrogens is 1. The molecular weight excluding hydrogens is 290 g/mol. The number of aromatic amines is 1. The first kappa shape index (κ1) is 14.1. The number of rotatable bonds is 4. The molecule has 1 unspecified atom stereocenters. The van der Waals surface area contributed by atoms with Crippen LogP contribution in [0.2, 0.25) is 0 Å². The molecule has 4 nitrogen and oxygen atoms in total. The van der Waals surface area contributed by atoms with Crippen LogP contribution in [0.3, 0.4) is 0 Å². The Hall–Kier alpha value is -0.850. The van der Waals surface area contributed by atoms with Gasteiger partial charge in [0.1, 0.15) is 4.83 Å². The van der Waals surface area contributed by atoms with Gasteiger partial charge in [0.25, 0.3) is 5.56 Å². The Labute approximate surface area is 126 Å². The summed E-state index contributed by atoms with van der Waals surface area (Å²) in [5.74, 6) is 1.71. The zero-order valence-electron chi connectivity index (χ0n) is 11.6. The fraction of sp³-hybridized carbons (Fsp3) is 0.571. The van der Waals surface area contributed by atoms with E-state index in [-0.39, 0.29) is 5.56 Å².